The quantitative estimate of drug-likeness (QED) is 0.447. The van der Waals surface area contributed by atoms with Crippen molar-refractivity contribution in [3.63, 3.8) is 0 Å². The fourth-order valence-electron chi connectivity index (χ4n) is 1.33. The van der Waals surface area contributed by atoms with Gasteiger partial charge in [-0.2, -0.15) is 5.26 Å². The van der Waals surface area contributed by atoms with E-state index in [1.54, 1.807) is 6.07 Å². The van der Waals surface area contributed by atoms with Crippen LogP contribution in [0.25, 0.3) is 0 Å². The highest BCUT2D eigenvalue weighted by atomic mass is 16.6. The van der Waals surface area contributed by atoms with E-state index in [1.807, 2.05) is 0 Å². The second-order valence-electron chi connectivity index (χ2n) is 3.23. The van der Waals surface area contributed by atoms with Crippen molar-refractivity contribution in [2.45, 2.75) is 6.10 Å². The predicted molar refractivity (Wildman–Crippen MR) is 55.8 cm³/mol. The predicted octanol–water partition coefficient (Wildman–Crippen LogP) is 0.397. The Labute approximate surface area is 99.8 Å². The number of aliphatic hydroxyl groups excluding tert-OH is 1. The van der Waals surface area contributed by atoms with Crippen LogP contribution in [0, 0.1) is 21.4 Å². The molecule has 2 N–H and O–H groups in total. The normalized spacial score (nSPS) is 11.3. The molecule has 0 aliphatic heterocycles. The molecule has 0 bridgehead atoms. The standard InChI is InChI=1S/C10H6N2O6/c11-3-5-1-6(4-13)8(12(17)18)2-7(5)9(14)10(15)16/h1-2,4,9,14H,(H,15,16). The topological polar surface area (TPSA) is 142 Å². The Morgan fingerprint density at radius 1 is 1.56 bits per heavy atom. The van der Waals surface area contributed by atoms with E-state index >= 15 is 0 Å². The van der Waals surface area contributed by atoms with Crippen LogP contribution in [-0.4, -0.2) is 27.4 Å². The average Bonchev–Trinajstić information content (AvgIpc) is 2.35. The number of hydrogen-bond donors (Lipinski definition) is 2. The molecule has 0 fully saturated rings. The van der Waals surface area contributed by atoms with Gasteiger partial charge in [-0.3, -0.25) is 14.9 Å². The SMILES string of the molecule is N#Cc1cc(C=O)c([N+](=O)[O-])cc1C(O)C(=O)O. The highest BCUT2D eigenvalue weighted by molar-refractivity contribution is 5.84. The van der Waals surface area contributed by atoms with E-state index in [1.165, 1.54) is 0 Å². The summed E-state index contributed by atoms with van der Waals surface area (Å²) in [6.45, 7) is 0. The summed E-state index contributed by atoms with van der Waals surface area (Å²) in [4.78, 5) is 31.0. The third kappa shape index (κ3) is 2.31. The van der Waals surface area contributed by atoms with Crippen molar-refractivity contribution in [3.05, 3.63) is 38.9 Å². The fraction of sp³-hybridized carbons (Fsp3) is 0.100. The number of carboxylic acid groups (broad SMARTS) is 1. The third-order valence-corrected chi connectivity index (χ3v) is 2.17. The molecule has 0 aromatic heterocycles. The third-order valence-electron chi connectivity index (χ3n) is 2.17. The minimum absolute atomic E-state index is 0.176. The number of rotatable bonds is 4. The number of benzene rings is 1. The summed E-state index contributed by atoms with van der Waals surface area (Å²) in [6, 6.07) is 3.14. The van der Waals surface area contributed by atoms with Crippen molar-refractivity contribution in [2.24, 2.45) is 0 Å². The minimum Gasteiger partial charge on any atom is -0.479 e. The van der Waals surface area contributed by atoms with Crippen LogP contribution >= 0.6 is 0 Å². The Morgan fingerprint density at radius 2 is 2.17 bits per heavy atom. The van der Waals surface area contributed by atoms with E-state index in [-0.39, 0.29) is 17.4 Å². The highest BCUT2D eigenvalue weighted by Crippen LogP contribution is 2.26. The van der Waals surface area contributed by atoms with Crippen LogP contribution in [0.4, 0.5) is 5.69 Å². The number of hydrogen-bond acceptors (Lipinski definition) is 6. The van der Waals surface area contributed by atoms with E-state index in [9.17, 15) is 24.8 Å². The van der Waals surface area contributed by atoms with Gasteiger partial charge in [0.2, 0.25) is 0 Å². The summed E-state index contributed by atoms with van der Waals surface area (Å²) in [5.41, 5.74) is -1.77. The van der Waals surface area contributed by atoms with Crippen molar-refractivity contribution in [2.75, 3.05) is 0 Å². The lowest BCUT2D eigenvalue weighted by Gasteiger charge is -2.08. The van der Waals surface area contributed by atoms with E-state index in [0.717, 1.165) is 6.07 Å². The Bertz CT molecular complexity index is 574. The minimum atomic E-state index is -2.07. The van der Waals surface area contributed by atoms with Gasteiger partial charge in [0.1, 0.15) is 0 Å². The molecule has 0 amide bonds. The molecule has 0 saturated heterocycles. The van der Waals surface area contributed by atoms with Crippen molar-refractivity contribution in [1.82, 2.24) is 0 Å². The second kappa shape index (κ2) is 5.03. The fourth-order valence-corrected chi connectivity index (χ4v) is 1.33. The number of nitro benzene ring substituents is 1. The first kappa shape index (κ1) is 13.3. The summed E-state index contributed by atoms with van der Waals surface area (Å²) >= 11 is 0. The first-order valence-electron chi connectivity index (χ1n) is 4.50. The zero-order valence-electron chi connectivity index (χ0n) is 8.73. The molecule has 1 aromatic carbocycles. The Balaban J connectivity index is 3.57. The zero-order chi connectivity index (χ0) is 13.9. The molecule has 0 aliphatic carbocycles. The Hall–Kier alpha value is -2.79. The Morgan fingerprint density at radius 3 is 2.56 bits per heavy atom. The van der Waals surface area contributed by atoms with Gasteiger partial charge in [0.05, 0.1) is 22.1 Å². The first-order valence-corrected chi connectivity index (χ1v) is 4.50. The molecule has 0 saturated carbocycles. The molecule has 8 heteroatoms. The number of nitriles is 1. The summed E-state index contributed by atoms with van der Waals surface area (Å²) in [7, 11) is 0. The molecule has 0 heterocycles. The van der Waals surface area contributed by atoms with Crippen LogP contribution in [0.3, 0.4) is 0 Å². The van der Waals surface area contributed by atoms with Crippen molar-refractivity contribution in [1.29, 1.82) is 5.26 Å². The van der Waals surface area contributed by atoms with Crippen LogP contribution in [0.1, 0.15) is 27.6 Å². The molecule has 0 spiro atoms. The van der Waals surface area contributed by atoms with E-state index in [2.05, 4.69) is 0 Å². The van der Waals surface area contributed by atoms with E-state index in [0.29, 0.717) is 6.07 Å². The molecular weight excluding hydrogens is 244 g/mol. The number of nitro groups is 1. The smallest absolute Gasteiger partial charge is 0.337 e. The molecule has 1 unspecified atom stereocenters. The monoisotopic (exact) mass is 250 g/mol. The molecule has 18 heavy (non-hydrogen) atoms. The maximum absolute atomic E-state index is 10.7. The molecule has 1 atom stereocenters. The van der Waals surface area contributed by atoms with Gasteiger partial charge in [-0.25, -0.2) is 4.79 Å². The van der Waals surface area contributed by atoms with E-state index in [4.69, 9.17) is 10.4 Å². The first-order chi connectivity index (χ1) is 8.42. The summed E-state index contributed by atoms with van der Waals surface area (Å²) < 4.78 is 0. The van der Waals surface area contributed by atoms with Crippen LogP contribution in [0.5, 0.6) is 0 Å². The molecular formula is C10H6N2O6. The molecule has 0 radical (unpaired) electrons. The van der Waals surface area contributed by atoms with Crippen LogP contribution in [0.2, 0.25) is 0 Å². The maximum atomic E-state index is 10.7. The molecule has 8 nitrogen and oxygen atoms in total. The van der Waals surface area contributed by atoms with Gasteiger partial charge in [-0.05, 0) is 6.07 Å². The van der Waals surface area contributed by atoms with Gasteiger partial charge in [-0.15, -0.1) is 0 Å². The van der Waals surface area contributed by atoms with Gasteiger partial charge < -0.3 is 10.2 Å². The van der Waals surface area contributed by atoms with Crippen molar-refractivity contribution < 1.29 is 24.7 Å². The zero-order valence-corrected chi connectivity index (χ0v) is 8.73. The van der Waals surface area contributed by atoms with Gasteiger partial charge in [0.15, 0.2) is 12.4 Å². The van der Waals surface area contributed by atoms with Crippen LogP contribution < -0.4 is 0 Å². The number of aliphatic hydroxyl groups is 1. The van der Waals surface area contributed by atoms with Gasteiger partial charge in [0.25, 0.3) is 5.69 Å². The lowest BCUT2D eigenvalue weighted by Crippen LogP contribution is -2.13. The molecule has 0 aliphatic rings. The number of nitrogens with zero attached hydrogens (tertiary/aromatic N) is 2. The van der Waals surface area contributed by atoms with Gasteiger partial charge in [0, 0.05) is 11.6 Å². The number of carboxylic acids is 1. The largest absolute Gasteiger partial charge is 0.479 e. The van der Waals surface area contributed by atoms with Crippen molar-refractivity contribution in [3.8, 4) is 6.07 Å². The average molecular weight is 250 g/mol. The lowest BCUT2D eigenvalue weighted by molar-refractivity contribution is -0.385. The maximum Gasteiger partial charge on any atom is 0.337 e. The van der Waals surface area contributed by atoms with Gasteiger partial charge in [-0.1, -0.05) is 0 Å². The molecule has 1 rings (SSSR count). The number of aldehydes is 1. The second-order valence-corrected chi connectivity index (χ2v) is 3.23. The number of carbonyl (C=O) groups is 2. The van der Waals surface area contributed by atoms with Gasteiger partial charge >= 0.3 is 5.97 Å². The Kier molecular flexibility index (Phi) is 3.71. The number of aliphatic carboxylic acids is 1. The lowest BCUT2D eigenvalue weighted by atomic mass is 9.99. The summed E-state index contributed by atoms with van der Waals surface area (Å²) in [5, 5.41) is 37.3. The van der Waals surface area contributed by atoms with Crippen LogP contribution in [0.15, 0.2) is 12.1 Å². The highest BCUT2D eigenvalue weighted by Gasteiger charge is 2.25. The number of carbonyl (C=O) groups excluding carboxylic acids is 1. The van der Waals surface area contributed by atoms with E-state index < -0.39 is 28.2 Å². The summed E-state index contributed by atoms with van der Waals surface area (Å²) in [6.07, 6.45) is -1.89. The van der Waals surface area contributed by atoms with Crippen molar-refractivity contribution >= 4 is 17.9 Å². The summed E-state index contributed by atoms with van der Waals surface area (Å²) in [5.74, 6) is -1.65. The van der Waals surface area contributed by atoms with Crippen LogP contribution in [-0.2, 0) is 4.79 Å². The molecule has 92 valence electrons. The molecule has 1 aromatic rings.